The first kappa shape index (κ1) is 63.7. The van der Waals surface area contributed by atoms with Gasteiger partial charge in [-0.15, -0.1) is 0 Å². The molecule has 0 saturated carbocycles. The summed E-state index contributed by atoms with van der Waals surface area (Å²) in [6.07, 6.45) is 7.64. The van der Waals surface area contributed by atoms with E-state index >= 15 is 0 Å². The van der Waals surface area contributed by atoms with Crippen molar-refractivity contribution >= 4 is 43.6 Å². The second-order valence-corrected chi connectivity index (χ2v) is 27.2. The molecular weight excluding hydrogens is 1310 g/mol. The van der Waals surface area contributed by atoms with Crippen molar-refractivity contribution in [1.29, 1.82) is 0 Å². The summed E-state index contributed by atoms with van der Waals surface area (Å²) in [6, 6.07) is 114. The van der Waals surface area contributed by atoms with Gasteiger partial charge >= 0.3 is 0 Å². The van der Waals surface area contributed by atoms with Crippen molar-refractivity contribution < 1.29 is 0 Å². The van der Waals surface area contributed by atoms with Gasteiger partial charge in [0.1, 0.15) is 0 Å². The summed E-state index contributed by atoms with van der Waals surface area (Å²) in [6.45, 7) is 6.59. The zero-order valence-corrected chi connectivity index (χ0v) is 58.9. The summed E-state index contributed by atoms with van der Waals surface area (Å²) < 4.78 is 4.81. The van der Waals surface area contributed by atoms with Gasteiger partial charge in [0, 0.05) is 90.8 Å². The highest BCUT2D eigenvalue weighted by molar-refractivity contribution is 6.13. The predicted molar refractivity (Wildman–Crippen MR) is 437 cm³/mol. The number of benzene rings is 13. The molecule has 0 N–H and O–H groups in total. The lowest BCUT2D eigenvalue weighted by Crippen LogP contribution is -2.04. The van der Waals surface area contributed by atoms with E-state index in [1.807, 2.05) is 104 Å². The lowest BCUT2D eigenvalue weighted by molar-refractivity contribution is 1.06. The van der Waals surface area contributed by atoms with E-state index in [2.05, 4.69) is 278 Å². The molecule has 10 nitrogen and oxygen atoms in total. The molecule has 0 spiro atoms. The van der Waals surface area contributed by atoms with Gasteiger partial charge in [-0.3, -0.25) is 9.97 Å². The Bertz CT molecular complexity index is 6530. The first-order valence-corrected chi connectivity index (χ1v) is 36.0. The second kappa shape index (κ2) is 26.9. The van der Waals surface area contributed by atoms with Crippen LogP contribution in [0.4, 0.5) is 0 Å². The summed E-state index contributed by atoms with van der Waals surface area (Å²) in [5, 5.41) is 4.50. The molecule has 0 aliphatic rings. The van der Waals surface area contributed by atoms with Crippen molar-refractivity contribution in [3.8, 4) is 146 Å². The third kappa shape index (κ3) is 11.7. The molecular formula is C97H66N10. The fraction of sp³-hybridized carbons (Fsp3) is 0.0309. The zero-order valence-electron chi connectivity index (χ0n) is 58.9. The van der Waals surface area contributed by atoms with E-state index < -0.39 is 0 Å². The summed E-state index contributed by atoms with van der Waals surface area (Å²) in [5.41, 5.74) is 27.8. The van der Waals surface area contributed by atoms with Crippen LogP contribution in [0, 0.1) is 20.8 Å². The van der Waals surface area contributed by atoms with E-state index in [1.54, 1.807) is 0 Å². The Labute approximate surface area is 619 Å². The number of fused-ring (bicyclic) bond motifs is 6. The molecule has 19 rings (SSSR count). The van der Waals surface area contributed by atoms with E-state index in [9.17, 15) is 0 Å². The third-order valence-corrected chi connectivity index (χ3v) is 20.7. The van der Waals surface area contributed by atoms with Crippen LogP contribution in [-0.2, 0) is 0 Å². The van der Waals surface area contributed by atoms with E-state index in [0.29, 0.717) is 34.9 Å². The molecule has 0 radical (unpaired) electrons. The van der Waals surface area contributed by atoms with E-state index in [4.69, 9.17) is 34.9 Å². The lowest BCUT2D eigenvalue weighted by Gasteiger charge is -2.18. The summed E-state index contributed by atoms with van der Waals surface area (Å²) in [4.78, 5) is 41.1. The molecule has 0 fully saturated rings. The highest BCUT2D eigenvalue weighted by Gasteiger charge is 2.26. The Morgan fingerprint density at radius 1 is 0.196 bits per heavy atom. The van der Waals surface area contributed by atoms with Gasteiger partial charge in [0.2, 0.25) is 0 Å². The molecule has 0 saturated heterocycles. The largest absolute Gasteiger partial charge is 0.308 e. The van der Waals surface area contributed by atoms with Gasteiger partial charge in [0.15, 0.2) is 34.9 Å². The van der Waals surface area contributed by atoms with Gasteiger partial charge in [-0.05, 0) is 166 Å². The minimum absolute atomic E-state index is 0.557. The molecule has 0 aliphatic carbocycles. The number of aromatic nitrogens is 10. The van der Waals surface area contributed by atoms with Crippen LogP contribution in [0.1, 0.15) is 16.7 Å². The number of hydrogen-bond acceptors (Lipinski definition) is 8. The Balaban J connectivity index is 0.775. The number of pyridine rings is 2. The van der Waals surface area contributed by atoms with Crippen LogP contribution in [0.3, 0.4) is 0 Å². The van der Waals surface area contributed by atoms with Gasteiger partial charge in [-0.1, -0.05) is 249 Å². The number of aryl methyl sites for hydroxylation is 3. The highest BCUT2D eigenvalue weighted by atomic mass is 15.1. The van der Waals surface area contributed by atoms with Crippen LogP contribution in [0.15, 0.2) is 346 Å². The van der Waals surface area contributed by atoms with E-state index in [-0.39, 0.29) is 0 Å². The first-order valence-electron chi connectivity index (χ1n) is 36.0. The molecule has 10 heteroatoms. The smallest absolute Gasteiger partial charge is 0.166 e. The van der Waals surface area contributed by atoms with Crippen molar-refractivity contribution in [3.05, 3.63) is 363 Å². The number of rotatable bonds is 14. The number of hydrogen-bond donors (Lipinski definition) is 0. The molecule has 0 amide bonds. The average molecular weight is 1370 g/mol. The number of para-hydroxylation sites is 1. The van der Waals surface area contributed by atoms with Gasteiger partial charge in [-0.25, -0.2) is 29.9 Å². The normalized spacial score (nSPS) is 11.5. The maximum absolute atomic E-state index is 5.38. The van der Waals surface area contributed by atoms with Crippen molar-refractivity contribution in [1.82, 2.24) is 49.0 Å². The SMILES string of the molecule is Cc1ccccc1-c1ccc2c(c1)c1cc(-c3ccc(-c4ccncc4-c4ccc(-c5nc(-c6ccccc6)nc(-c6ccccc6)n5)c(-n5c6ccccc6c6ccc(-c7ccccc7C)cc65)c4)cc3C)ccc1n2-c1cc(-c2cccnc2)ccc1-c1nc(-c2ccccc2)nc(-c2ccccc2)n1. The van der Waals surface area contributed by atoms with Crippen LogP contribution >= 0.6 is 0 Å². The Morgan fingerprint density at radius 3 is 1.10 bits per heavy atom. The fourth-order valence-corrected chi connectivity index (χ4v) is 15.4. The Hall–Kier alpha value is -14.2. The maximum atomic E-state index is 5.38. The molecule has 6 heterocycles. The van der Waals surface area contributed by atoms with Gasteiger partial charge < -0.3 is 9.13 Å². The molecule has 504 valence electrons. The molecule has 0 aliphatic heterocycles. The second-order valence-electron chi connectivity index (χ2n) is 27.2. The van der Waals surface area contributed by atoms with Crippen molar-refractivity contribution in [2.24, 2.45) is 0 Å². The highest BCUT2D eigenvalue weighted by Crippen LogP contribution is 2.45. The average Bonchev–Trinajstić information content (AvgIpc) is 1.62. The van der Waals surface area contributed by atoms with Crippen molar-refractivity contribution in [2.75, 3.05) is 0 Å². The van der Waals surface area contributed by atoms with Gasteiger partial charge in [0.05, 0.1) is 33.4 Å². The standard InChI is InChI=1S/C97H66N10/c1-61-23-16-18-34-75(61)70-42-48-87-83(54-70)84-55-71(43-49-88(84)106(87)90-56-68(74-33-22-51-98-59-74)38-46-81(90)96-102-92(64-25-8-4-9-26-64)100-93(103-96)65-27-10-5-11-28-65)77-44-39-69(53-63(77)3)78-50-52-99-60-85(78)73-41-47-82(97-104-94(66-29-12-6-13-30-66)101-95(105-97)67-31-14-7-15-32-67)91(58-73)107-86-37-21-20-36-79(86)80-45-40-72(57-89(80)107)76-35-19-17-24-62(76)2/h4-60H,1-3H3. The molecule has 19 aromatic rings. The molecule has 13 aromatic carbocycles. The molecule has 107 heavy (non-hydrogen) atoms. The van der Waals surface area contributed by atoms with E-state index in [0.717, 1.165) is 150 Å². The van der Waals surface area contributed by atoms with Crippen LogP contribution in [-0.4, -0.2) is 49.0 Å². The predicted octanol–water partition coefficient (Wildman–Crippen LogP) is 24.0. The summed E-state index contributed by atoms with van der Waals surface area (Å²) in [5.74, 6) is 3.48. The summed E-state index contributed by atoms with van der Waals surface area (Å²) in [7, 11) is 0. The Kier molecular flexibility index (Phi) is 16.0. The van der Waals surface area contributed by atoms with Crippen LogP contribution in [0.2, 0.25) is 0 Å². The van der Waals surface area contributed by atoms with Crippen LogP contribution in [0.5, 0.6) is 0 Å². The molecule has 0 bridgehead atoms. The van der Waals surface area contributed by atoms with Gasteiger partial charge in [0.25, 0.3) is 0 Å². The minimum atomic E-state index is 0.557. The monoisotopic (exact) mass is 1370 g/mol. The van der Waals surface area contributed by atoms with Crippen molar-refractivity contribution in [2.45, 2.75) is 20.8 Å². The fourth-order valence-electron chi connectivity index (χ4n) is 15.4. The van der Waals surface area contributed by atoms with E-state index in [1.165, 1.54) is 22.3 Å². The topological polar surface area (TPSA) is 113 Å². The lowest BCUT2D eigenvalue weighted by atomic mass is 9.91. The van der Waals surface area contributed by atoms with Gasteiger partial charge in [-0.2, -0.15) is 0 Å². The maximum Gasteiger partial charge on any atom is 0.166 e. The quantitative estimate of drug-likeness (QED) is 0.106. The molecule has 6 aromatic heterocycles. The number of nitrogens with zero attached hydrogens (tertiary/aromatic N) is 10. The molecule has 0 unspecified atom stereocenters. The first-order chi connectivity index (χ1) is 52.8. The Morgan fingerprint density at radius 2 is 0.579 bits per heavy atom. The van der Waals surface area contributed by atoms with Crippen molar-refractivity contribution in [3.63, 3.8) is 0 Å². The molecule has 0 atom stereocenters. The minimum Gasteiger partial charge on any atom is -0.308 e. The zero-order chi connectivity index (χ0) is 71.5. The third-order valence-electron chi connectivity index (χ3n) is 20.7. The van der Waals surface area contributed by atoms with Crippen LogP contribution < -0.4 is 0 Å². The summed E-state index contributed by atoms with van der Waals surface area (Å²) >= 11 is 0. The van der Waals surface area contributed by atoms with Crippen LogP contribution in [0.25, 0.3) is 190 Å².